The average molecular weight is 211 g/mol. The van der Waals surface area contributed by atoms with E-state index in [2.05, 4.69) is 24.1 Å². The molecule has 0 aromatic carbocycles. The molecule has 5 nitrogen and oxygen atoms in total. The maximum Gasteiger partial charge on any atom is 0.320 e. The molecular formula is C10H17N3O2. The van der Waals surface area contributed by atoms with Crippen molar-refractivity contribution in [3.05, 3.63) is 18.2 Å². The van der Waals surface area contributed by atoms with Gasteiger partial charge in [0.15, 0.2) is 0 Å². The number of carboxylic acid groups (broad SMARTS) is 1. The Kier molecular flexibility index (Phi) is 3.85. The first kappa shape index (κ1) is 11.7. The van der Waals surface area contributed by atoms with E-state index in [0.29, 0.717) is 12.6 Å². The summed E-state index contributed by atoms with van der Waals surface area (Å²) in [7, 11) is 0. The molecule has 0 saturated heterocycles. The van der Waals surface area contributed by atoms with E-state index in [1.54, 1.807) is 19.4 Å². The smallest absolute Gasteiger partial charge is 0.320 e. The monoisotopic (exact) mass is 211 g/mol. The first-order valence-electron chi connectivity index (χ1n) is 4.99. The van der Waals surface area contributed by atoms with Gasteiger partial charge >= 0.3 is 5.97 Å². The van der Waals surface area contributed by atoms with Crippen LogP contribution in [0.2, 0.25) is 0 Å². The number of rotatable bonds is 5. The molecule has 84 valence electrons. The molecule has 1 aromatic rings. The summed E-state index contributed by atoms with van der Waals surface area (Å²) in [5, 5.41) is 11.6. The SMILES string of the molecule is CC(NCc1cncn1C(C)C)C(=O)O. The van der Waals surface area contributed by atoms with Crippen molar-refractivity contribution < 1.29 is 9.90 Å². The maximum atomic E-state index is 10.6. The Labute approximate surface area is 89.1 Å². The summed E-state index contributed by atoms with van der Waals surface area (Å²) in [4.78, 5) is 14.6. The van der Waals surface area contributed by atoms with E-state index >= 15 is 0 Å². The second-order valence-corrected chi connectivity index (χ2v) is 3.83. The second kappa shape index (κ2) is 4.93. The summed E-state index contributed by atoms with van der Waals surface area (Å²) < 4.78 is 2.02. The molecule has 1 heterocycles. The van der Waals surface area contributed by atoms with E-state index in [1.165, 1.54) is 0 Å². The van der Waals surface area contributed by atoms with Crippen molar-refractivity contribution in [1.82, 2.24) is 14.9 Å². The van der Waals surface area contributed by atoms with Crippen LogP contribution in [0.25, 0.3) is 0 Å². The summed E-state index contributed by atoms with van der Waals surface area (Å²) >= 11 is 0. The Bertz CT molecular complexity index is 333. The van der Waals surface area contributed by atoms with Gasteiger partial charge < -0.3 is 9.67 Å². The molecule has 0 spiro atoms. The first-order valence-corrected chi connectivity index (χ1v) is 4.99. The molecule has 15 heavy (non-hydrogen) atoms. The van der Waals surface area contributed by atoms with Gasteiger partial charge in [-0.05, 0) is 20.8 Å². The first-order chi connectivity index (χ1) is 7.02. The number of imidazole rings is 1. The van der Waals surface area contributed by atoms with Gasteiger partial charge in [0, 0.05) is 18.8 Å². The molecule has 0 aliphatic heterocycles. The van der Waals surface area contributed by atoms with Crippen molar-refractivity contribution >= 4 is 5.97 Å². The summed E-state index contributed by atoms with van der Waals surface area (Å²) in [5.41, 5.74) is 0.998. The van der Waals surface area contributed by atoms with Crippen LogP contribution in [0.4, 0.5) is 0 Å². The number of aliphatic carboxylic acids is 1. The molecule has 0 fully saturated rings. The zero-order valence-corrected chi connectivity index (χ0v) is 9.27. The van der Waals surface area contributed by atoms with Gasteiger partial charge in [-0.3, -0.25) is 10.1 Å². The molecule has 0 bridgehead atoms. The maximum absolute atomic E-state index is 10.6. The van der Waals surface area contributed by atoms with Crippen molar-refractivity contribution in [1.29, 1.82) is 0 Å². The summed E-state index contributed by atoms with van der Waals surface area (Å²) in [5.74, 6) is -0.842. The van der Waals surface area contributed by atoms with E-state index in [-0.39, 0.29) is 0 Å². The van der Waals surface area contributed by atoms with Gasteiger partial charge in [-0.15, -0.1) is 0 Å². The van der Waals surface area contributed by atoms with Crippen molar-refractivity contribution in [3.8, 4) is 0 Å². The van der Waals surface area contributed by atoms with Crippen LogP contribution in [-0.4, -0.2) is 26.7 Å². The predicted octanol–water partition coefficient (Wildman–Crippen LogP) is 1.03. The summed E-state index contributed by atoms with van der Waals surface area (Å²) in [6.07, 6.45) is 3.51. The van der Waals surface area contributed by atoms with Crippen LogP contribution in [0, 0.1) is 0 Å². The number of aromatic nitrogens is 2. The van der Waals surface area contributed by atoms with Gasteiger partial charge in [-0.2, -0.15) is 0 Å². The lowest BCUT2D eigenvalue weighted by Crippen LogP contribution is -2.33. The summed E-state index contributed by atoms with van der Waals surface area (Å²) in [6, 6.07) is -0.204. The van der Waals surface area contributed by atoms with Crippen molar-refractivity contribution in [2.75, 3.05) is 0 Å². The predicted molar refractivity (Wildman–Crippen MR) is 56.5 cm³/mol. The van der Waals surface area contributed by atoms with E-state index in [1.807, 2.05) is 4.57 Å². The minimum Gasteiger partial charge on any atom is -0.480 e. The molecule has 5 heteroatoms. The second-order valence-electron chi connectivity index (χ2n) is 3.83. The Morgan fingerprint density at radius 3 is 2.80 bits per heavy atom. The molecule has 0 saturated carbocycles. The number of hydrogen-bond donors (Lipinski definition) is 2. The van der Waals surface area contributed by atoms with Crippen LogP contribution in [0.15, 0.2) is 12.5 Å². The highest BCUT2D eigenvalue weighted by molar-refractivity contribution is 5.72. The van der Waals surface area contributed by atoms with Crippen LogP contribution in [-0.2, 0) is 11.3 Å². The van der Waals surface area contributed by atoms with Gasteiger partial charge in [-0.1, -0.05) is 0 Å². The molecule has 0 aliphatic carbocycles. The summed E-state index contributed by atoms with van der Waals surface area (Å²) in [6.45, 7) is 6.27. The Hall–Kier alpha value is -1.36. The van der Waals surface area contributed by atoms with Crippen molar-refractivity contribution in [2.45, 2.75) is 39.4 Å². The van der Waals surface area contributed by atoms with E-state index in [0.717, 1.165) is 5.69 Å². The Morgan fingerprint density at radius 2 is 2.27 bits per heavy atom. The highest BCUT2D eigenvalue weighted by Gasteiger charge is 2.11. The van der Waals surface area contributed by atoms with E-state index < -0.39 is 12.0 Å². The van der Waals surface area contributed by atoms with E-state index in [9.17, 15) is 4.79 Å². The third-order valence-corrected chi connectivity index (χ3v) is 2.26. The highest BCUT2D eigenvalue weighted by atomic mass is 16.4. The minimum atomic E-state index is -0.842. The largest absolute Gasteiger partial charge is 0.480 e. The average Bonchev–Trinajstić information content (AvgIpc) is 2.61. The minimum absolute atomic E-state index is 0.337. The molecule has 1 atom stereocenters. The fourth-order valence-corrected chi connectivity index (χ4v) is 1.28. The highest BCUT2D eigenvalue weighted by Crippen LogP contribution is 2.08. The molecule has 2 N–H and O–H groups in total. The number of carbonyl (C=O) groups is 1. The molecule has 0 aliphatic rings. The zero-order valence-electron chi connectivity index (χ0n) is 9.27. The third-order valence-electron chi connectivity index (χ3n) is 2.26. The van der Waals surface area contributed by atoms with Crippen LogP contribution in [0.1, 0.15) is 32.5 Å². The molecule has 1 aromatic heterocycles. The normalized spacial score (nSPS) is 13.1. The lowest BCUT2D eigenvalue weighted by Gasteiger charge is -2.13. The van der Waals surface area contributed by atoms with Gasteiger partial charge in [-0.25, -0.2) is 4.98 Å². The number of hydrogen-bond acceptors (Lipinski definition) is 3. The lowest BCUT2D eigenvalue weighted by molar-refractivity contribution is -0.139. The molecule has 1 rings (SSSR count). The zero-order chi connectivity index (χ0) is 11.4. The fraction of sp³-hybridized carbons (Fsp3) is 0.600. The molecule has 1 unspecified atom stereocenters. The third kappa shape index (κ3) is 3.06. The topological polar surface area (TPSA) is 67.2 Å². The number of nitrogens with one attached hydrogen (secondary N) is 1. The van der Waals surface area contributed by atoms with Gasteiger partial charge in [0.05, 0.1) is 12.0 Å². The van der Waals surface area contributed by atoms with Crippen molar-refractivity contribution in [3.63, 3.8) is 0 Å². The quantitative estimate of drug-likeness (QED) is 0.763. The Balaban J connectivity index is 2.57. The standard InChI is InChI=1S/C10H17N3O2/c1-7(2)13-6-11-4-9(13)5-12-8(3)10(14)15/h4,6-8,12H,5H2,1-3H3,(H,14,15). The Morgan fingerprint density at radius 1 is 1.60 bits per heavy atom. The molecule has 0 radical (unpaired) electrons. The molecular weight excluding hydrogens is 194 g/mol. The number of carboxylic acids is 1. The van der Waals surface area contributed by atoms with Gasteiger partial charge in [0.1, 0.15) is 6.04 Å². The van der Waals surface area contributed by atoms with E-state index in [4.69, 9.17) is 5.11 Å². The van der Waals surface area contributed by atoms with Gasteiger partial charge in [0.2, 0.25) is 0 Å². The lowest BCUT2D eigenvalue weighted by atomic mass is 10.3. The molecule has 0 amide bonds. The van der Waals surface area contributed by atoms with Crippen LogP contribution >= 0.6 is 0 Å². The van der Waals surface area contributed by atoms with Crippen LogP contribution in [0.3, 0.4) is 0 Å². The van der Waals surface area contributed by atoms with Crippen LogP contribution in [0.5, 0.6) is 0 Å². The van der Waals surface area contributed by atoms with Crippen molar-refractivity contribution in [2.24, 2.45) is 0 Å². The van der Waals surface area contributed by atoms with Gasteiger partial charge in [0.25, 0.3) is 0 Å². The van der Waals surface area contributed by atoms with Crippen LogP contribution < -0.4 is 5.32 Å². The number of nitrogens with zero attached hydrogens (tertiary/aromatic N) is 2. The fourth-order valence-electron chi connectivity index (χ4n) is 1.28.